The summed E-state index contributed by atoms with van der Waals surface area (Å²) in [4.78, 5) is 98.0. The number of hydrogen-bond acceptors (Lipinski definition) is 18. The maximum Gasteiger partial charge on any atom is 0.407 e. The molecule has 3 atom stereocenters. The lowest BCUT2D eigenvalue weighted by Gasteiger charge is -2.20. The Hall–Kier alpha value is -8.11. The van der Waals surface area contributed by atoms with Crippen molar-refractivity contribution in [2.24, 2.45) is 23.5 Å². The molecule has 0 bridgehead atoms. The van der Waals surface area contributed by atoms with E-state index in [2.05, 4.69) is 41.9 Å². The Kier molecular flexibility index (Phi) is 38.9. The van der Waals surface area contributed by atoms with Gasteiger partial charge in [-0.2, -0.15) is 0 Å². The van der Waals surface area contributed by atoms with Crippen molar-refractivity contribution in [1.82, 2.24) is 41.9 Å². The molecule has 34 heteroatoms. The number of carbonyl (C=O) groups is 8. The molecule has 0 saturated carbocycles. The number of sulfonamides is 1. The molecule has 0 unspecified atom stereocenters. The number of carboxylic acids is 1. The smallest absolute Gasteiger partial charge is 0.407 e. The first-order valence-corrected chi connectivity index (χ1v) is 42.1. The number of benzene rings is 5. The maximum atomic E-state index is 13.2. The normalized spacial score (nSPS) is 12.3. The molecule has 24 nitrogen and oxygen atoms in total. The van der Waals surface area contributed by atoms with E-state index in [1.165, 1.54) is 34.0 Å². The van der Waals surface area contributed by atoms with E-state index >= 15 is 0 Å². The number of nitrogens with one attached hydrogen (secondary N) is 8. The molecule has 110 heavy (non-hydrogen) atoms. The average molecular weight is 1680 g/mol. The van der Waals surface area contributed by atoms with E-state index in [0.717, 1.165) is 73.1 Å². The van der Waals surface area contributed by atoms with Crippen LogP contribution >= 0.6 is 67.9 Å². The molecule has 0 fully saturated rings. The minimum atomic E-state index is -3.92. The summed E-state index contributed by atoms with van der Waals surface area (Å²) in [6.45, 7) is 24.9. The van der Waals surface area contributed by atoms with E-state index in [9.17, 15) is 64.0 Å². The van der Waals surface area contributed by atoms with Gasteiger partial charge in [0.05, 0.1) is 24.7 Å². The van der Waals surface area contributed by atoms with Crippen molar-refractivity contribution in [1.29, 1.82) is 0 Å². The number of aliphatic carboxylic acids is 1. The molecule has 8 rings (SSSR count). The van der Waals surface area contributed by atoms with Crippen LogP contribution in [0.5, 0.6) is 0 Å². The summed E-state index contributed by atoms with van der Waals surface area (Å²) in [6, 6.07) is 32.4. The number of nitrogens with two attached hydrogens (primary N) is 1. The van der Waals surface area contributed by atoms with Gasteiger partial charge in [0, 0.05) is 57.5 Å². The van der Waals surface area contributed by atoms with Gasteiger partial charge in [-0.3, -0.25) is 24.0 Å². The van der Waals surface area contributed by atoms with Gasteiger partial charge in [-0.1, -0.05) is 119 Å². The first kappa shape index (κ1) is 94.3. The number of alkyl carbamates (subject to hydrolysis) is 2. The minimum absolute atomic E-state index is 0.0410. The molecule has 0 aliphatic rings. The van der Waals surface area contributed by atoms with Crippen molar-refractivity contribution in [3.05, 3.63) is 164 Å². The fourth-order valence-electron chi connectivity index (χ4n) is 9.68. The Labute approximate surface area is 667 Å². The van der Waals surface area contributed by atoms with E-state index in [0.29, 0.717) is 72.9 Å². The number of ether oxygens (including phenoxy) is 2. The summed E-state index contributed by atoms with van der Waals surface area (Å²) in [5.41, 5.74) is 4.28. The lowest BCUT2D eigenvalue weighted by atomic mass is 10.0. The van der Waals surface area contributed by atoms with Crippen LogP contribution in [0.1, 0.15) is 151 Å². The van der Waals surface area contributed by atoms with E-state index in [-0.39, 0.29) is 86.3 Å². The number of amides is 7. The van der Waals surface area contributed by atoms with Crippen LogP contribution in [0.4, 0.5) is 18.4 Å². The Morgan fingerprint density at radius 1 is 0.473 bits per heavy atom. The molecule has 0 aliphatic carbocycles. The predicted molar refractivity (Wildman–Crippen MR) is 434 cm³/mol. The average Bonchev–Trinajstić information content (AvgIpc) is 1.05. The molecular weight excluding hydrogens is 1580 g/mol. The Bertz CT molecular complexity index is 4530. The number of hydrogen-bond donors (Lipinski definition) is 10. The van der Waals surface area contributed by atoms with Gasteiger partial charge < -0.3 is 57.5 Å². The Morgan fingerprint density at radius 2 is 0.800 bits per heavy atom. The third-order valence-electron chi connectivity index (χ3n) is 14.6. The van der Waals surface area contributed by atoms with Crippen molar-refractivity contribution < 1.29 is 78.6 Å². The summed E-state index contributed by atoms with van der Waals surface area (Å²) >= 11 is 15.4. The van der Waals surface area contributed by atoms with E-state index in [4.69, 9.17) is 54.2 Å². The zero-order chi connectivity index (χ0) is 82.3. The Morgan fingerprint density at radius 3 is 1.13 bits per heavy atom. The van der Waals surface area contributed by atoms with Gasteiger partial charge in [-0.25, -0.2) is 44.7 Å². The molecule has 0 radical (unpaired) electrons. The maximum absolute atomic E-state index is 13.2. The van der Waals surface area contributed by atoms with E-state index in [1.54, 1.807) is 32.9 Å². The second kappa shape index (κ2) is 45.4. The topological polar surface area (TPSA) is 366 Å². The first-order chi connectivity index (χ1) is 51.4. The summed E-state index contributed by atoms with van der Waals surface area (Å²) < 4.78 is 87.3. The van der Waals surface area contributed by atoms with Crippen molar-refractivity contribution in [2.45, 2.75) is 161 Å². The quantitative estimate of drug-likeness (QED) is 0.0154. The van der Waals surface area contributed by atoms with Gasteiger partial charge in [-0.05, 0) is 193 Å². The van der Waals surface area contributed by atoms with Gasteiger partial charge in [-0.15, -0.1) is 34.0 Å². The molecule has 0 saturated heterocycles. The fourth-order valence-corrected chi connectivity index (χ4v) is 15.7. The molecule has 11 N–H and O–H groups in total. The minimum Gasteiger partial charge on any atom is -0.480 e. The van der Waals surface area contributed by atoms with Crippen molar-refractivity contribution in [2.75, 3.05) is 39.3 Å². The fraction of sp³-hybridized carbons (Fsp3) is 0.421. The molecule has 8 aromatic rings. The first-order valence-electron chi connectivity index (χ1n) is 35.1. The monoisotopic (exact) mass is 1680 g/mol. The van der Waals surface area contributed by atoms with Crippen LogP contribution in [0.15, 0.2) is 137 Å². The SMILES string of the molecule is CC(C)(C)OC(=O)NCCCN.CC(C)C[C@H](NC(=O)c1cc2ccccc2s1)C(=O)NCCCNC(=O)OC(C)(C)C.CC(C)C[C@H](NC(=O)c1cc2ccccc2s1)C(=O)NCCCNS(=O)(=O)c1ccc(F)cc1Cl.CC(C)C[C@H](NC(=O)c1cc2ccccc2s1)C(=O)O.O=S(=O)(Cl)c1ccc(F)cc1Cl. The number of rotatable bonds is 29. The second-order valence-electron chi connectivity index (χ2n) is 28.0. The number of thiophene rings is 3. The highest BCUT2D eigenvalue weighted by Gasteiger charge is 2.28. The zero-order valence-electron chi connectivity index (χ0n) is 63.2. The number of fused-ring (bicyclic) bond motifs is 3. The third kappa shape index (κ3) is 35.1. The second-order valence-corrected chi connectivity index (χ2v) is 36.4. The zero-order valence-corrected chi connectivity index (χ0v) is 69.6. The van der Waals surface area contributed by atoms with Crippen LogP contribution in [0.25, 0.3) is 30.3 Å². The van der Waals surface area contributed by atoms with E-state index < -0.39 is 72.1 Å². The molecule has 7 amide bonds. The molecule has 0 spiro atoms. The molecule has 3 aromatic heterocycles. The molecule has 5 aromatic carbocycles. The van der Waals surface area contributed by atoms with Crippen LogP contribution in [0.3, 0.4) is 0 Å². The lowest BCUT2D eigenvalue weighted by Crippen LogP contribution is -2.47. The van der Waals surface area contributed by atoms with Gasteiger partial charge in [0.1, 0.15) is 50.8 Å². The van der Waals surface area contributed by atoms with E-state index in [1.807, 2.05) is 141 Å². The highest BCUT2D eigenvalue weighted by atomic mass is 35.7. The van der Waals surface area contributed by atoms with Gasteiger partial charge in [0.2, 0.25) is 21.8 Å². The lowest BCUT2D eigenvalue weighted by molar-refractivity contribution is -0.139. The number of carboxylic acid groups (broad SMARTS) is 1. The highest BCUT2D eigenvalue weighted by Crippen LogP contribution is 2.30. The Balaban J connectivity index is 0.000000309. The molecule has 3 heterocycles. The predicted octanol–water partition coefficient (Wildman–Crippen LogP) is 14.8. The number of carbonyl (C=O) groups excluding carboxylic acids is 7. The van der Waals surface area contributed by atoms with Crippen LogP contribution in [0, 0.1) is 29.4 Å². The summed E-state index contributed by atoms with van der Waals surface area (Å²) in [6.07, 6.45) is 2.21. The van der Waals surface area contributed by atoms with Gasteiger partial charge >= 0.3 is 18.2 Å². The van der Waals surface area contributed by atoms with Crippen LogP contribution < -0.4 is 47.7 Å². The highest BCUT2D eigenvalue weighted by molar-refractivity contribution is 8.13. The third-order valence-corrected chi connectivity index (χ3v) is 21.7. The molecule has 0 aliphatic heterocycles. The summed E-state index contributed by atoms with van der Waals surface area (Å²) in [5, 5.41) is 30.9. The van der Waals surface area contributed by atoms with Crippen molar-refractivity contribution in [3.8, 4) is 0 Å². The van der Waals surface area contributed by atoms with Gasteiger partial charge in [0.15, 0.2) is 0 Å². The van der Waals surface area contributed by atoms with Crippen LogP contribution in [-0.2, 0) is 42.9 Å². The standard InChI is InChI=1S/C24H27ClFN3O4S2.C23H33N3O4S.C15H17NO3S.C8H18N2O2.C6H3Cl2FO2S/c1-15(2)12-19(29-24(31)21-13-16-6-3-4-7-20(16)34-21)23(30)27-10-5-11-28-35(32,33)22-9-8-17(26)14-18(22)25;1-15(2)13-17(20(27)24-11-8-12-25-22(29)30-23(3,4)5)26-21(28)19-14-16-9-6-7-10-18(16)31-19;1-9(2)7-11(15(18)19)16-14(17)13-8-10-5-3-4-6-12(10)20-13;1-8(2,3)12-7(11)10-6-4-5-9;7-5-3-4(9)1-2-6(5)12(8,10)11/h3-4,6-9,13-15,19,28H,5,10-12H2,1-2H3,(H,27,30)(H,29,31);6-7,9-10,14-15,17H,8,11-13H2,1-5H3,(H,24,27)(H,25,29)(H,26,28);3-6,8-9,11H,7H2,1-2H3,(H,16,17)(H,18,19);4-6,9H2,1-3H3,(H,10,11);1-3H/t19-;17-;11-;;/m000../s1. The summed E-state index contributed by atoms with van der Waals surface area (Å²) in [7, 11) is -2.81. The van der Waals surface area contributed by atoms with Gasteiger partial charge in [0.25, 0.3) is 26.8 Å². The van der Waals surface area contributed by atoms with Crippen LogP contribution in [0.2, 0.25) is 10.0 Å². The van der Waals surface area contributed by atoms with Crippen LogP contribution in [-0.4, -0.2) is 138 Å². The number of halogens is 5. The largest absolute Gasteiger partial charge is 0.480 e. The molecule has 602 valence electrons. The van der Waals surface area contributed by atoms with Crippen molar-refractivity contribution in [3.63, 3.8) is 0 Å². The molecular formula is C76H98Cl3F2N9O15S5. The van der Waals surface area contributed by atoms with Crippen molar-refractivity contribution >= 4 is 165 Å². The summed E-state index contributed by atoms with van der Waals surface area (Å²) in [5.74, 6) is -3.04.